The molecule has 3 rings (SSSR count). The summed E-state index contributed by atoms with van der Waals surface area (Å²) in [5.41, 5.74) is 2.42. The molecule has 3 heterocycles. The number of hydrogen-bond donors (Lipinski definition) is 1. The van der Waals surface area contributed by atoms with Gasteiger partial charge in [0.15, 0.2) is 0 Å². The number of hydrogen-bond acceptors (Lipinski definition) is 4. The second-order valence-corrected chi connectivity index (χ2v) is 5.00. The zero-order chi connectivity index (χ0) is 13.1. The number of ether oxygens (including phenoxy) is 1. The molecular formula is C13H20N4O2. The Labute approximate surface area is 112 Å². The van der Waals surface area contributed by atoms with E-state index in [1.54, 1.807) is 0 Å². The normalized spacial score (nSPS) is 19.3. The van der Waals surface area contributed by atoms with Gasteiger partial charge in [-0.2, -0.15) is 0 Å². The second kappa shape index (κ2) is 5.71. The zero-order valence-electron chi connectivity index (χ0n) is 11.1. The summed E-state index contributed by atoms with van der Waals surface area (Å²) in [6.07, 6.45) is 3.42. The average molecular weight is 264 g/mol. The molecule has 104 valence electrons. The Morgan fingerprint density at radius 3 is 3.11 bits per heavy atom. The molecule has 19 heavy (non-hydrogen) atoms. The number of nitrogens with one attached hydrogen (secondary N) is 1. The molecule has 2 aliphatic heterocycles. The van der Waals surface area contributed by atoms with Gasteiger partial charge in [-0.3, -0.25) is 4.79 Å². The van der Waals surface area contributed by atoms with E-state index in [1.165, 1.54) is 5.69 Å². The molecule has 0 spiro atoms. The summed E-state index contributed by atoms with van der Waals surface area (Å²) in [7, 11) is 0. The van der Waals surface area contributed by atoms with Crippen molar-refractivity contribution in [2.75, 3.05) is 32.8 Å². The van der Waals surface area contributed by atoms with Gasteiger partial charge in [0.25, 0.3) is 0 Å². The lowest BCUT2D eigenvalue weighted by Crippen LogP contribution is -2.41. The first-order chi connectivity index (χ1) is 9.34. The van der Waals surface area contributed by atoms with Crippen LogP contribution in [0.5, 0.6) is 0 Å². The highest BCUT2D eigenvalue weighted by Crippen LogP contribution is 2.13. The van der Waals surface area contributed by atoms with Crippen LogP contribution < -0.4 is 5.32 Å². The lowest BCUT2D eigenvalue weighted by atomic mass is 10.2. The average Bonchev–Trinajstić information content (AvgIpc) is 2.89. The van der Waals surface area contributed by atoms with Crippen LogP contribution in [0.25, 0.3) is 0 Å². The fourth-order valence-electron chi connectivity index (χ4n) is 2.68. The smallest absolute Gasteiger partial charge is 0.224 e. The Morgan fingerprint density at radius 2 is 2.26 bits per heavy atom. The van der Waals surface area contributed by atoms with Crippen molar-refractivity contribution in [2.24, 2.45) is 0 Å². The zero-order valence-corrected chi connectivity index (χ0v) is 11.1. The molecule has 0 atom stereocenters. The van der Waals surface area contributed by atoms with Crippen molar-refractivity contribution in [1.82, 2.24) is 19.8 Å². The lowest BCUT2D eigenvalue weighted by molar-refractivity contribution is -0.135. The minimum absolute atomic E-state index is 0.222. The predicted octanol–water partition coefficient (Wildman–Crippen LogP) is -0.222. The Bertz CT molecular complexity index is 451. The first-order valence-electron chi connectivity index (χ1n) is 6.94. The van der Waals surface area contributed by atoms with E-state index in [-0.39, 0.29) is 5.91 Å². The van der Waals surface area contributed by atoms with Crippen LogP contribution in [0.4, 0.5) is 0 Å². The number of imidazole rings is 1. The molecule has 1 amide bonds. The maximum Gasteiger partial charge on any atom is 0.224 e. The van der Waals surface area contributed by atoms with E-state index >= 15 is 0 Å². The van der Waals surface area contributed by atoms with E-state index in [9.17, 15) is 4.79 Å². The Morgan fingerprint density at radius 1 is 1.42 bits per heavy atom. The highest BCUT2D eigenvalue weighted by atomic mass is 16.5. The van der Waals surface area contributed by atoms with E-state index in [0.29, 0.717) is 19.6 Å². The van der Waals surface area contributed by atoms with Crippen LogP contribution in [0.3, 0.4) is 0 Å². The van der Waals surface area contributed by atoms with Gasteiger partial charge in [-0.25, -0.2) is 4.98 Å². The number of aryl methyl sites for hydroxylation is 1. The maximum atomic E-state index is 12.1. The SMILES string of the molecule is O=C(CCn1cnc2c1CCNC2)N1CCOCC1. The highest BCUT2D eigenvalue weighted by Gasteiger charge is 2.18. The minimum Gasteiger partial charge on any atom is -0.378 e. The van der Waals surface area contributed by atoms with Gasteiger partial charge in [-0.05, 0) is 0 Å². The summed E-state index contributed by atoms with van der Waals surface area (Å²) >= 11 is 0. The fraction of sp³-hybridized carbons (Fsp3) is 0.692. The largest absolute Gasteiger partial charge is 0.378 e. The highest BCUT2D eigenvalue weighted by molar-refractivity contribution is 5.76. The van der Waals surface area contributed by atoms with E-state index in [0.717, 1.165) is 44.8 Å². The minimum atomic E-state index is 0.222. The van der Waals surface area contributed by atoms with Crippen molar-refractivity contribution >= 4 is 5.91 Å². The molecule has 6 nitrogen and oxygen atoms in total. The number of rotatable bonds is 3. The van der Waals surface area contributed by atoms with Gasteiger partial charge in [0.1, 0.15) is 0 Å². The molecule has 0 aliphatic carbocycles. The molecular weight excluding hydrogens is 244 g/mol. The van der Waals surface area contributed by atoms with Crippen molar-refractivity contribution in [3.63, 3.8) is 0 Å². The quantitative estimate of drug-likeness (QED) is 0.820. The van der Waals surface area contributed by atoms with Gasteiger partial charge in [0.05, 0.1) is 25.2 Å². The third-order valence-electron chi connectivity index (χ3n) is 3.79. The summed E-state index contributed by atoms with van der Waals surface area (Å²) in [6, 6.07) is 0. The molecule has 0 saturated carbocycles. The number of amides is 1. The number of carbonyl (C=O) groups is 1. The molecule has 1 saturated heterocycles. The van der Waals surface area contributed by atoms with Crippen LogP contribution in [0.1, 0.15) is 17.8 Å². The van der Waals surface area contributed by atoms with Crippen LogP contribution in [0.2, 0.25) is 0 Å². The molecule has 2 aliphatic rings. The molecule has 6 heteroatoms. The molecule has 0 bridgehead atoms. The monoisotopic (exact) mass is 264 g/mol. The molecule has 1 N–H and O–H groups in total. The van der Waals surface area contributed by atoms with Crippen LogP contribution in [-0.4, -0.2) is 53.2 Å². The molecule has 1 fully saturated rings. The van der Waals surface area contributed by atoms with Crippen molar-refractivity contribution in [2.45, 2.75) is 25.9 Å². The topological polar surface area (TPSA) is 59.4 Å². The van der Waals surface area contributed by atoms with Crippen molar-refractivity contribution in [3.05, 3.63) is 17.7 Å². The van der Waals surface area contributed by atoms with Gasteiger partial charge in [-0.1, -0.05) is 0 Å². The van der Waals surface area contributed by atoms with E-state index in [2.05, 4.69) is 14.9 Å². The fourth-order valence-corrected chi connectivity index (χ4v) is 2.68. The standard InChI is InChI=1S/C13H20N4O2/c18-13(16-5-7-19-8-6-16)2-4-17-10-15-11-9-14-3-1-12(11)17/h10,14H,1-9H2. The Kier molecular flexibility index (Phi) is 3.79. The number of carbonyl (C=O) groups excluding carboxylic acids is 1. The van der Waals surface area contributed by atoms with Crippen LogP contribution in [0, 0.1) is 0 Å². The van der Waals surface area contributed by atoms with Crippen molar-refractivity contribution < 1.29 is 9.53 Å². The molecule has 0 radical (unpaired) electrons. The Hall–Kier alpha value is -1.40. The number of morpholine rings is 1. The summed E-state index contributed by atoms with van der Waals surface area (Å²) in [6.45, 7) is 5.36. The molecule has 0 unspecified atom stereocenters. The van der Waals surface area contributed by atoms with Crippen molar-refractivity contribution in [1.29, 1.82) is 0 Å². The van der Waals surface area contributed by atoms with Crippen molar-refractivity contribution in [3.8, 4) is 0 Å². The summed E-state index contributed by atoms with van der Waals surface area (Å²) in [5.74, 6) is 0.222. The van der Waals surface area contributed by atoms with E-state index in [1.807, 2.05) is 11.2 Å². The third kappa shape index (κ3) is 2.79. The first-order valence-corrected chi connectivity index (χ1v) is 6.94. The first kappa shape index (κ1) is 12.6. The van der Waals surface area contributed by atoms with Crippen LogP contribution in [-0.2, 0) is 29.0 Å². The maximum absolute atomic E-state index is 12.1. The molecule has 1 aromatic heterocycles. The summed E-state index contributed by atoms with van der Waals surface area (Å²) < 4.78 is 7.39. The number of nitrogens with zero attached hydrogens (tertiary/aromatic N) is 3. The van der Waals surface area contributed by atoms with E-state index in [4.69, 9.17) is 4.74 Å². The third-order valence-corrected chi connectivity index (χ3v) is 3.79. The predicted molar refractivity (Wildman–Crippen MR) is 69.7 cm³/mol. The second-order valence-electron chi connectivity index (χ2n) is 5.00. The molecule has 1 aromatic rings. The van der Waals surface area contributed by atoms with Gasteiger partial charge >= 0.3 is 0 Å². The molecule has 0 aromatic carbocycles. The van der Waals surface area contributed by atoms with E-state index < -0.39 is 0 Å². The summed E-state index contributed by atoms with van der Waals surface area (Å²) in [5, 5.41) is 3.31. The van der Waals surface area contributed by atoms with Crippen LogP contribution in [0.15, 0.2) is 6.33 Å². The Balaban J connectivity index is 1.57. The van der Waals surface area contributed by atoms with Gasteiger partial charge < -0.3 is 19.5 Å². The van der Waals surface area contributed by atoms with Crippen LogP contribution >= 0.6 is 0 Å². The lowest BCUT2D eigenvalue weighted by Gasteiger charge is -2.27. The van der Waals surface area contributed by atoms with Gasteiger partial charge in [-0.15, -0.1) is 0 Å². The van der Waals surface area contributed by atoms with Gasteiger partial charge in [0, 0.05) is 51.3 Å². The summed E-state index contributed by atoms with van der Waals surface area (Å²) in [4.78, 5) is 18.4. The van der Waals surface area contributed by atoms with Gasteiger partial charge in [0.2, 0.25) is 5.91 Å². The number of fused-ring (bicyclic) bond motifs is 1. The number of aromatic nitrogens is 2.